The van der Waals surface area contributed by atoms with Crippen LogP contribution in [0.15, 0.2) is 217 Å². The minimum Gasteiger partial charge on any atom is -0.456 e. The number of aromatic nitrogens is 5. The molecule has 0 radical (unpaired) electrons. The number of benzene rings is 9. The number of para-hydroxylation sites is 3. The van der Waals surface area contributed by atoms with Crippen molar-refractivity contribution in [3.8, 4) is 56.4 Å². The van der Waals surface area contributed by atoms with Gasteiger partial charge in [0.05, 0.1) is 22.1 Å². The van der Waals surface area contributed by atoms with Crippen LogP contribution >= 0.6 is 0 Å². The Morgan fingerprint density at radius 3 is 1.40 bits per heavy atom. The molecule has 0 spiro atoms. The lowest BCUT2D eigenvalue weighted by Gasteiger charge is -2.10. The van der Waals surface area contributed by atoms with E-state index in [4.69, 9.17) is 9.40 Å². The summed E-state index contributed by atoms with van der Waals surface area (Å²) in [4.78, 5) is 14.3. The van der Waals surface area contributed by atoms with Crippen LogP contribution in [-0.4, -0.2) is 24.1 Å². The van der Waals surface area contributed by atoms with Gasteiger partial charge in [0.15, 0.2) is 11.6 Å². The van der Waals surface area contributed by atoms with Gasteiger partial charge in [-0.1, -0.05) is 121 Å². The highest BCUT2D eigenvalue weighted by molar-refractivity contribution is 6.13. The second-order valence-corrected chi connectivity index (χ2v) is 16.1. The van der Waals surface area contributed by atoms with Crippen molar-refractivity contribution in [3.63, 3.8) is 0 Å². The third-order valence-corrected chi connectivity index (χ3v) is 12.5. The molecule has 4 heterocycles. The molecule has 63 heavy (non-hydrogen) atoms. The maximum atomic E-state index is 6.44. The van der Waals surface area contributed by atoms with Gasteiger partial charge in [-0.25, -0.2) is 15.0 Å². The summed E-state index contributed by atoms with van der Waals surface area (Å²) in [5.74, 6) is 1.22. The van der Waals surface area contributed by atoms with Crippen molar-refractivity contribution in [2.45, 2.75) is 0 Å². The van der Waals surface area contributed by atoms with E-state index in [-0.39, 0.29) is 0 Å². The van der Waals surface area contributed by atoms with E-state index in [1.165, 1.54) is 43.7 Å². The molecule has 0 N–H and O–H groups in total. The van der Waals surface area contributed by atoms with E-state index in [9.17, 15) is 0 Å². The summed E-state index contributed by atoms with van der Waals surface area (Å²) in [5, 5.41) is 6.93. The maximum absolute atomic E-state index is 6.44. The SMILES string of the molecule is c1ccc(-c2cccc(-c3cccc(-c4ncnc(-c5ccc6oc7ccc(-n8c9ccccc9c9cc(-n%10c%11ccccc%11c%11ccccc%11%10)ccc98)cc7c6c5)n4)c3)c2)cc1. The average molecular weight is 806 g/mol. The number of furan rings is 1. The molecule has 9 aromatic carbocycles. The minimum atomic E-state index is 0.602. The van der Waals surface area contributed by atoms with Crippen LogP contribution in [0.3, 0.4) is 0 Å². The highest BCUT2D eigenvalue weighted by atomic mass is 16.3. The summed E-state index contributed by atoms with van der Waals surface area (Å²) < 4.78 is 11.2. The molecule has 0 fully saturated rings. The van der Waals surface area contributed by atoms with E-state index in [1.807, 2.05) is 18.2 Å². The third-order valence-electron chi connectivity index (χ3n) is 12.5. The number of hydrogen-bond acceptors (Lipinski definition) is 4. The first-order chi connectivity index (χ1) is 31.2. The number of rotatable bonds is 6. The highest BCUT2D eigenvalue weighted by Gasteiger charge is 2.18. The van der Waals surface area contributed by atoms with Crippen molar-refractivity contribution in [2.24, 2.45) is 0 Å². The van der Waals surface area contributed by atoms with E-state index < -0.39 is 0 Å². The monoisotopic (exact) mass is 805 g/mol. The maximum Gasteiger partial charge on any atom is 0.163 e. The van der Waals surface area contributed by atoms with Crippen LogP contribution in [0.1, 0.15) is 0 Å². The molecule has 0 aliphatic carbocycles. The quantitative estimate of drug-likeness (QED) is 0.168. The first-order valence-corrected chi connectivity index (χ1v) is 21.2. The second-order valence-electron chi connectivity index (χ2n) is 16.1. The van der Waals surface area contributed by atoms with E-state index in [0.29, 0.717) is 11.6 Å². The van der Waals surface area contributed by atoms with Gasteiger partial charge in [-0.15, -0.1) is 0 Å². The molecule has 6 heteroatoms. The Balaban J connectivity index is 0.889. The lowest BCUT2D eigenvalue weighted by Crippen LogP contribution is -1.96. The van der Waals surface area contributed by atoms with Gasteiger partial charge < -0.3 is 13.6 Å². The molecule has 0 saturated carbocycles. The predicted molar refractivity (Wildman–Crippen MR) is 258 cm³/mol. The molecule has 0 atom stereocenters. The van der Waals surface area contributed by atoms with E-state index in [2.05, 4.69) is 207 Å². The summed E-state index contributed by atoms with van der Waals surface area (Å²) in [6.07, 6.45) is 1.60. The summed E-state index contributed by atoms with van der Waals surface area (Å²) in [6, 6.07) is 73.0. The van der Waals surface area contributed by atoms with Crippen molar-refractivity contribution in [2.75, 3.05) is 0 Å². The number of fused-ring (bicyclic) bond motifs is 9. The Bertz CT molecular complexity index is 3880. The number of nitrogens with zero attached hydrogens (tertiary/aromatic N) is 5. The molecular weight excluding hydrogens is 771 g/mol. The van der Waals surface area contributed by atoms with Gasteiger partial charge in [0.2, 0.25) is 0 Å². The summed E-state index contributed by atoms with van der Waals surface area (Å²) in [6.45, 7) is 0. The van der Waals surface area contributed by atoms with Crippen molar-refractivity contribution < 1.29 is 4.42 Å². The van der Waals surface area contributed by atoms with Crippen LogP contribution in [-0.2, 0) is 0 Å². The van der Waals surface area contributed by atoms with Crippen molar-refractivity contribution in [1.29, 1.82) is 0 Å². The zero-order valence-electron chi connectivity index (χ0n) is 33.9. The fraction of sp³-hybridized carbons (Fsp3) is 0. The van der Waals surface area contributed by atoms with Crippen LogP contribution in [0.25, 0.3) is 122 Å². The second kappa shape index (κ2) is 14.0. The van der Waals surface area contributed by atoms with Crippen LogP contribution in [0.4, 0.5) is 0 Å². The summed E-state index contributed by atoms with van der Waals surface area (Å²) >= 11 is 0. The predicted octanol–water partition coefficient (Wildman–Crippen LogP) is 14.6. The molecule has 6 nitrogen and oxygen atoms in total. The largest absolute Gasteiger partial charge is 0.456 e. The van der Waals surface area contributed by atoms with Crippen LogP contribution < -0.4 is 0 Å². The van der Waals surface area contributed by atoms with Crippen LogP contribution in [0.5, 0.6) is 0 Å². The highest BCUT2D eigenvalue weighted by Crippen LogP contribution is 2.39. The van der Waals surface area contributed by atoms with Crippen molar-refractivity contribution in [1.82, 2.24) is 24.1 Å². The minimum absolute atomic E-state index is 0.602. The Labute approximate surface area is 361 Å². The molecule has 13 aromatic rings. The van der Waals surface area contributed by atoms with E-state index in [0.717, 1.165) is 66.6 Å². The topological polar surface area (TPSA) is 61.7 Å². The van der Waals surface area contributed by atoms with Gasteiger partial charge in [0, 0.05) is 54.8 Å². The first kappa shape index (κ1) is 35.2. The fourth-order valence-electron chi connectivity index (χ4n) is 9.54. The molecule has 0 amide bonds. The fourth-order valence-corrected chi connectivity index (χ4v) is 9.54. The normalized spacial score (nSPS) is 11.8. The van der Waals surface area contributed by atoms with Crippen LogP contribution in [0, 0.1) is 0 Å². The molecule has 13 rings (SSSR count). The zero-order chi connectivity index (χ0) is 41.4. The van der Waals surface area contributed by atoms with Gasteiger partial charge in [0.25, 0.3) is 0 Å². The number of hydrogen-bond donors (Lipinski definition) is 0. The molecule has 0 aliphatic heterocycles. The van der Waals surface area contributed by atoms with E-state index in [1.54, 1.807) is 6.33 Å². The van der Waals surface area contributed by atoms with Gasteiger partial charge in [-0.05, 0) is 107 Å². The van der Waals surface area contributed by atoms with Gasteiger partial charge in [0.1, 0.15) is 17.5 Å². The van der Waals surface area contributed by atoms with Crippen LogP contribution in [0.2, 0.25) is 0 Å². The Kier molecular flexibility index (Phi) is 7.80. The van der Waals surface area contributed by atoms with Gasteiger partial charge >= 0.3 is 0 Å². The standard InChI is InChI=1S/C57H35N5O/c1-2-12-36(13-3-1)37-14-10-15-38(30-37)39-16-11-17-40(31-39)56-58-35-59-57(60-56)41-24-28-54-48(32-41)49-34-43(26-29-55(49)63-54)62-52-23-9-6-20-46(52)47-33-42(25-27-53(47)62)61-50-21-7-4-18-44(50)45-19-5-8-22-51(45)61/h1-35H. The smallest absolute Gasteiger partial charge is 0.163 e. The Morgan fingerprint density at radius 2 is 0.746 bits per heavy atom. The van der Waals surface area contributed by atoms with Gasteiger partial charge in [-0.2, -0.15) is 0 Å². The average Bonchev–Trinajstić information content (AvgIpc) is 4.01. The molecule has 0 aliphatic rings. The Hall–Kier alpha value is -8.61. The molecular formula is C57H35N5O. The molecule has 0 bridgehead atoms. The molecule has 0 saturated heterocycles. The third kappa shape index (κ3) is 5.69. The van der Waals surface area contributed by atoms with Gasteiger partial charge in [-0.3, -0.25) is 0 Å². The Morgan fingerprint density at radius 1 is 0.302 bits per heavy atom. The molecule has 0 unspecified atom stereocenters. The van der Waals surface area contributed by atoms with Crippen molar-refractivity contribution >= 4 is 65.6 Å². The zero-order valence-corrected chi connectivity index (χ0v) is 33.9. The lowest BCUT2D eigenvalue weighted by atomic mass is 9.98. The summed E-state index contributed by atoms with van der Waals surface area (Å²) in [7, 11) is 0. The molecule has 4 aromatic heterocycles. The lowest BCUT2D eigenvalue weighted by molar-refractivity contribution is 0.669. The summed E-state index contributed by atoms with van der Waals surface area (Å²) in [5.41, 5.74) is 14.9. The molecule has 294 valence electrons. The first-order valence-electron chi connectivity index (χ1n) is 21.2. The van der Waals surface area contributed by atoms with E-state index >= 15 is 0 Å². The van der Waals surface area contributed by atoms with Crippen molar-refractivity contribution in [3.05, 3.63) is 213 Å².